The quantitative estimate of drug-likeness (QED) is 0.0197. The zero-order valence-electron chi connectivity index (χ0n) is 50.1. The standard InChI is InChI=1S/C66H117O11P/c1-4-7-10-13-16-19-22-25-28-30-31-33-35-37-40-43-46-49-52-55-64(68)73-59-63(77-66(70)57-54-51-48-45-42-39-36-32-29-26-23-20-17-14-11-8-5-2)61-75-78(71,72)74-60-62(58-67)76-65(69)56-53-50-47-44-41-38-34-27-24-21-18-15-12-9-6-3/h9,12,17-18,20-21,26-27,29,34,41,44,62-63,67H,4-8,10-11,13-16,19,22-25,28,30-33,35-40,42-43,45-61H2,1-3H3,(H,71,72)/b12-9-,20-17-,21-18-,29-26-,34-27-,44-41-. The lowest BCUT2D eigenvalue weighted by Gasteiger charge is -2.21. The minimum absolute atomic E-state index is 0.124. The van der Waals surface area contributed by atoms with Crippen LogP contribution in [0, 0.1) is 0 Å². The van der Waals surface area contributed by atoms with E-state index in [-0.39, 0.29) is 25.9 Å². The van der Waals surface area contributed by atoms with Gasteiger partial charge in [-0.05, 0) is 89.9 Å². The van der Waals surface area contributed by atoms with Gasteiger partial charge in [0.15, 0.2) is 6.10 Å². The van der Waals surface area contributed by atoms with Gasteiger partial charge in [-0.3, -0.25) is 23.4 Å². The van der Waals surface area contributed by atoms with E-state index in [0.717, 1.165) is 96.3 Å². The lowest BCUT2D eigenvalue weighted by atomic mass is 10.0. The second-order valence-corrected chi connectivity index (χ2v) is 22.7. The molecule has 0 aromatic rings. The summed E-state index contributed by atoms with van der Waals surface area (Å²) >= 11 is 0. The number of aliphatic hydroxyl groups excluding tert-OH is 1. The second kappa shape index (κ2) is 60.0. The Balaban J connectivity index is 4.73. The fourth-order valence-electron chi connectivity index (χ4n) is 8.79. The molecule has 0 aromatic heterocycles. The Hall–Kier alpha value is -3.08. The molecule has 0 radical (unpaired) electrons. The van der Waals surface area contributed by atoms with Crippen LogP contribution < -0.4 is 0 Å². The van der Waals surface area contributed by atoms with Crippen molar-refractivity contribution in [1.29, 1.82) is 0 Å². The summed E-state index contributed by atoms with van der Waals surface area (Å²) in [5, 5.41) is 9.83. The number of rotatable bonds is 59. The first-order valence-electron chi connectivity index (χ1n) is 31.8. The number of unbranched alkanes of at least 4 members (excludes halogenated alkanes) is 30. The van der Waals surface area contributed by atoms with Gasteiger partial charge in [0.2, 0.25) is 0 Å². The van der Waals surface area contributed by atoms with E-state index in [9.17, 15) is 28.9 Å². The topological polar surface area (TPSA) is 155 Å². The zero-order valence-corrected chi connectivity index (χ0v) is 51.0. The highest BCUT2D eigenvalue weighted by Crippen LogP contribution is 2.43. The highest BCUT2D eigenvalue weighted by molar-refractivity contribution is 7.47. The summed E-state index contributed by atoms with van der Waals surface area (Å²) in [7, 11) is -4.77. The Labute approximate surface area is 478 Å². The molecule has 0 saturated carbocycles. The lowest BCUT2D eigenvalue weighted by molar-refractivity contribution is -0.161. The molecule has 0 rings (SSSR count). The fraction of sp³-hybridized carbons (Fsp3) is 0.773. The smallest absolute Gasteiger partial charge is 0.462 e. The van der Waals surface area contributed by atoms with Gasteiger partial charge in [-0.15, -0.1) is 0 Å². The average Bonchev–Trinajstić information content (AvgIpc) is 3.43. The average molecular weight is 1120 g/mol. The molecule has 3 unspecified atom stereocenters. The molecule has 0 amide bonds. The van der Waals surface area contributed by atoms with Crippen molar-refractivity contribution >= 4 is 25.7 Å². The maximum absolute atomic E-state index is 12.9. The van der Waals surface area contributed by atoms with Crippen LogP contribution in [0.1, 0.15) is 290 Å². The molecular formula is C66H117O11P. The number of hydrogen-bond donors (Lipinski definition) is 2. The molecule has 0 aliphatic rings. The molecule has 0 aromatic carbocycles. The van der Waals surface area contributed by atoms with Crippen molar-refractivity contribution in [2.45, 2.75) is 303 Å². The molecular weight excluding hydrogens is 1000 g/mol. The Bertz CT molecular complexity index is 1590. The monoisotopic (exact) mass is 1120 g/mol. The maximum Gasteiger partial charge on any atom is 0.472 e. The number of phosphoric acid groups is 1. The van der Waals surface area contributed by atoms with Gasteiger partial charge < -0.3 is 24.2 Å². The van der Waals surface area contributed by atoms with Crippen LogP contribution >= 0.6 is 7.82 Å². The van der Waals surface area contributed by atoms with Gasteiger partial charge in [-0.1, -0.05) is 254 Å². The van der Waals surface area contributed by atoms with E-state index >= 15 is 0 Å². The van der Waals surface area contributed by atoms with Crippen molar-refractivity contribution < 1.29 is 52.2 Å². The number of esters is 3. The predicted octanol–water partition coefficient (Wildman–Crippen LogP) is 19.3. The van der Waals surface area contributed by atoms with Crippen LogP contribution in [0.5, 0.6) is 0 Å². The van der Waals surface area contributed by atoms with Crippen molar-refractivity contribution in [2.24, 2.45) is 0 Å². The molecule has 0 heterocycles. The molecule has 0 fully saturated rings. The fourth-order valence-corrected chi connectivity index (χ4v) is 9.57. The zero-order chi connectivity index (χ0) is 56.9. The summed E-state index contributed by atoms with van der Waals surface area (Å²) in [6.07, 6.45) is 68.6. The molecule has 0 spiro atoms. The minimum atomic E-state index is -4.77. The molecule has 12 heteroatoms. The summed E-state index contributed by atoms with van der Waals surface area (Å²) in [5.41, 5.74) is 0. The number of hydrogen-bond acceptors (Lipinski definition) is 10. The molecule has 0 saturated heterocycles. The van der Waals surface area contributed by atoms with Gasteiger partial charge in [0.25, 0.3) is 0 Å². The van der Waals surface area contributed by atoms with E-state index in [1.54, 1.807) is 0 Å². The van der Waals surface area contributed by atoms with E-state index in [1.807, 2.05) is 0 Å². The van der Waals surface area contributed by atoms with E-state index in [4.69, 9.17) is 23.3 Å². The molecule has 2 N–H and O–H groups in total. The second-order valence-electron chi connectivity index (χ2n) is 21.2. The molecule has 452 valence electrons. The maximum atomic E-state index is 12.9. The van der Waals surface area contributed by atoms with Crippen molar-refractivity contribution in [3.8, 4) is 0 Å². The largest absolute Gasteiger partial charge is 0.472 e. The summed E-state index contributed by atoms with van der Waals surface area (Å²) in [5.74, 6) is -1.50. The third kappa shape index (κ3) is 57.6. The van der Waals surface area contributed by atoms with Crippen molar-refractivity contribution in [3.05, 3.63) is 72.9 Å². The molecule has 11 nitrogen and oxygen atoms in total. The Morgan fingerprint density at radius 2 is 0.667 bits per heavy atom. The minimum Gasteiger partial charge on any atom is -0.462 e. The van der Waals surface area contributed by atoms with Crippen LogP contribution in [0.4, 0.5) is 0 Å². The number of allylic oxidation sites excluding steroid dienone is 12. The third-order valence-corrected chi connectivity index (χ3v) is 14.6. The van der Waals surface area contributed by atoms with E-state index in [0.29, 0.717) is 19.3 Å². The number of phosphoric ester groups is 1. The summed E-state index contributed by atoms with van der Waals surface area (Å²) in [6.45, 7) is 4.50. The Kier molecular flexibility index (Phi) is 57.7. The first kappa shape index (κ1) is 74.9. The summed E-state index contributed by atoms with van der Waals surface area (Å²) in [6, 6.07) is 0. The molecule has 3 atom stereocenters. The number of carbonyl (C=O) groups is 3. The molecule has 0 aliphatic carbocycles. The molecule has 0 bridgehead atoms. The van der Waals surface area contributed by atoms with Crippen LogP contribution in [0.25, 0.3) is 0 Å². The SMILES string of the molecule is CC/C=C\C/C=C\C/C=C\C/C=C\CCCCC(=O)OC(CO)COP(=O)(O)OCC(COC(=O)CCCCCCCCCCCCCCCCCCCCC)OC(=O)CCCCCCCCC/C=C\C/C=C\CCCCC. The Morgan fingerprint density at radius 1 is 0.372 bits per heavy atom. The van der Waals surface area contributed by atoms with E-state index in [1.165, 1.54) is 135 Å². The van der Waals surface area contributed by atoms with E-state index in [2.05, 4.69) is 93.7 Å². The van der Waals surface area contributed by atoms with Crippen molar-refractivity contribution in [1.82, 2.24) is 0 Å². The van der Waals surface area contributed by atoms with Gasteiger partial charge in [-0.2, -0.15) is 0 Å². The number of carbonyl (C=O) groups excluding carboxylic acids is 3. The first-order valence-corrected chi connectivity index (χ1v) is 33.3. The van der Waals surface area contributed by atoms with Gasteiger partial charge in [-0.25, -0.2) is 4.57 Å². The normalized spacial score (nSPS) is 13.8. The van der Waals surface area contributed by atoms with Gasteiger partial charge >= 0.3 is 25.7 Å². The van der Waals surface area contributed by atoms with E-state index < -0.39 is 57.8 Å². The summed E-state index contributed by atoms with van der Waals surface area (Å²) < 4.78 is 39.6. The van der Waals surface area contributed by atoms with Crippen LogP contribution in [0.15, 0.2) is 72.9 Å². The molecule has 0 aliphatic heterocycles. The van der Waals surface area contributed by atoms with Crippen molar-refractivity contribution in [2.75, 3.05) is 26.4 Å². The van der Waals surface area contributed by atoms with Gasteiger partial charge in [0.1, 0.15) is 12.7 Å². The lowest BCUT2D eigenvalue weighted by Crippen LogP contribution is -2.30. The predicted molar refractivity (Wildman–Crippen MR) is 325 cm³/mol. The van der Waals surface area contributed by atoms with Crippen LogP contribution in [0.2, 0.25) is 0 Å². The first-order chi connectivity index (χ1) is 38.2. The summed E-state index contributed by atoms with van der Waals surface area (Å²) in [4.78, 5) is 48.7. The number of aliphatic hydroxyl groups is 1. The van der Waals surface area contributed by atoms with Gasteiger partial charge in [0.05, 0.1) is 19.8 Å². The van der Waals surface area contributed by atoms with Crippen molar-refractivity contribution in [3.63, 3.8) is 0 Å². The Morgan fingerprint density at radius 3 is 1.08 bits per heavy atom. The van der Waals surface area contributed by atoms with Crippen LogP contribution in [-0.4, -0.2) is 66.5 Å². The highest BCUT2D eigenvalue weighted by Gasteiger charge is 2.28. The van der Waals surface area contributed by atoms with Crippen LogP contribution in [0.3, 0.4) is 0 Å². The third-order valence-electron chi connectivity index (χ3n) is 13.6. The number of ether oxygens (including phenoxy) is 3. The van der Waals surface area contributed by atoms with Crippen LogP contribution in [-0.2, 0) is 42.2 Å². The molecule has 78 heavy (non-hydrogen) atoms. The highest BCUT2D eigenvalue weighted by atomic mass is 31.2. The van der Waals surface area contributed by atoms with Gasteiger partial charge in [0, 0.05) is 19.3 Å².